The molecule has 0 atom stereocenters. The Morgan fingerprint density at radius 2 is 1.46 bits per heavy atom. The van der Waals surface area contributed by atoms with Crippen LogP contribution in [0.4, 0.5) is 10.5 Å². The minimum Gasteiger partial charge on any atom is -0.493 e. The topological polar surface area (TPSA) is 129 Å². The van der Waals surface area contributed by atoms with Crippen molar-refractivity contribution >= 4 is 42.7 Å². The number of likely N-dealkylation sites (N-methyl/N-ethyl adjacent to an activating group) is 1. The molecule has 2 aliphatic heterocycles. The second kappa shape index (κ2) is 22.0. The zero-order chi connectivity index (χ0) is 45.0. The van der Waals surface area contributed by atoms with Gasteiger partial charge >= 0.3 is 6.09 Å². The fourth-order valence-electron chi connectivity index (χ4n) is 7.74. The highest BCUT2D eigenvalue weighted by atomic mass is 28.4. The van der Waals surface area contributed by atoms with Crippen LogP contribution in [0, 0.1) is 0 Å². The largest absolute Gasteiger partial charge is 0.493 e. The molecule has 2 aliphatic rings. The van der Waals surface area contributed by atoms with Crippen molar-refractivity contribution in [2.45, 2.75) is 136 Å². The Labute approximate surface area is 375 Å². The number of benzene rings is 3. The van der Waals surface area contributed by atoms with Crippen molar-refractivity contribution < 1.29 is 42.3 Å². The summed E-state index contributed by atoms with van der Waals surface area (Å²) in [4.78, 5) is 39.7. The van der Waals surface area contributed by atoms with Gasteiger partial charge in [-0.15, -0.1) is 0 Å². The summed E-state index contributed by atoms with van der Waals surface area (Å²) < 4.78 is 31.3. The second-order valence-electron chi connectivity index (χ2n) is 18.5. The van der Waals surface area contributed by atoms with Gasteiger partial charge < -0.3 is 38.9 Å². The molecule has 0 aliphatic carbocycles. The van der Waals surface area contributed by atoms with Gasteiger partial charge in [-0.25, -0.2) is 4.79 Å². The fourth-order valence-corrected chi connectivity index (χ4v) is 8.70. The van der Waals surface area contributed by atoms with Gasteiger partial charge in [0.15, 0.2) is 44.1 Å². The van der Waals surface area contributed by atoms with Crippen LogP contribution in [-0.4, -0.2) is 65.2 Å². The van der Waals surface area contributed by atoms with E-state index in [4.69, 9.17) is 23.4 Å². The molecule has 0 bridgehead atoms. The highest BCUT2D eigenvalue weighted by molar-refractivity contribution is 6.74. The van der Waals surface area contributed by atoms with Gasteiger partial charge in [-0.1, -0.05) is 84.3 Å². The zero-order valence-electron chi connectivity index (χ0n) is 38.7. The van der Waals surface area contributed by atoms with E-state index in [-0.39, 0.29) is 23.6 Å². The van der Waals surface area contributed by atoms with E-state index in [9.17, 15) is 14.4 Å². The first-order chi connectivity index (χ1) is 30.2. The predicted molar refractivity (Wildman–Crippen MR) is 250 cm³/mol. The van der Waals surface area contributed by atoms with Gasteiger partial charge in [0.05, 0.1) is 24.7 Å². The lowest BCUT2D eigenvalue weighted by atomic mass is 9.95. The molecular formula is C50H69N4O8Si+. The first kappa shape index (κ1) is 47.3. The SMILES string of the molecule is COc1ccc2cc3[n+](cc2c1OC(=O)N(C)CCNC(=O)CCCCCCCCCCCCC(=O)Nc1ccc(CO[Si](C)(C)C(C)(C)C)cc1)CCc1cc2c(cc1-3)OCO2. The number of unbranched alkanes of at least 4 members (excludes halogenated alkanes) is 9. The lowest BCUT2D eigenvalue weighted by Crippen LogP contribution is -2.40. The summed E-state index contributed by atoms with van der Waals surface area (Å²) in [5, 5.41) is 7.84. The molecule has 0 spiro atoms. The predicted octanol–water partition coefficient (Wildman–Crippen LogP) is 10.5. The molecule has 2 N–H and O–H groups in total. The number of nitrogens with zero attached hydrogens (tertiary/aromatic N) is 2. The van der Waals surface area contributed by atoms with Crippen LogP contribution >= 0.6 is 0 Å². The molecule has 340 valence electrons. The summed E-state index contributed by atoms with van der Waals surface area (Å²) in [7, 11) is 1.43. The van der Waals surface area contributed by atoms with Crippen LogP contribution in [0.5, 0.6) is 23.0 Å². The molecule has 3 heterocycles. The molecule has 12 nitrogen and oxygen atoms in total. The summed E-state index contributed by atoms with van der Waals surface area (Å²) in [6.07, 6.45) is 14.2. The average Bonchev–Trinajstić information content (AvgIpc) is 3.72. The number of aromatic nitrogens is 1. The van der Waals surface area contributed by atoms with E-state index < -0.39 is 14.4 Å². The number of amides is 3. The van der Waals surface area contributed by atoms with Crippen LogP contribution in [0.1, 0.15) is 109 Å². The van der Waals surface area contributed by atoms with Crippen molar-refractivity contribution in [3.8, 4) is 34.3 Å². The van der Waals surface area contributed by atoms with Crippen LogP contribution in [-0.2, 0) is 33.6 Å². The quantitative estimate of drug-likeness (QED) is 0.0454. The van der Waals surface area contributed by atoms with Crippen LogP contribution in [0.2, 0.25) is 18.1 Å². The van der Waals surface area contributed by atoms with E-state index in [1.54, 1.807) is 14.2 Å². The highest BCUT2D eigenvalue weighted by Gasteiger charge is 2.37. The highest BCUT2D eigenvalue weighted by Crippen LogP contribution is 2.42. The van der Waals surface area contributed by atoms with Crippen LogP contribution in [0.3, 0.4) is 0 Å². The van der Waals surface area contributed by atoms with E-state index in [0.29, 0.717) is 44.0 Å². The van der Waals surface area contributed by atoms with Gasteiger partial charge in [-0.3, -0.25) is 9.59 Å². The number of ether oxygens (including phenoxy) is 4. The number of hydrogen-bond acceptors (Lipinski definition) is 8. The Morgan fingerprint density at radius 1 is 0.825 bits per heavy atom. The molecule has 0 radical (unpaired) electrons. The molecule has 0 saturated carbocycles. The van der Waals surface area contributed by atoms with Gasteiger partial charge in [0.25, 0.3) is 0 Å². The summed E-state index contributed by atoms with van der Waals surface area (Å²) in [5.41, 5.74) is 5.32. The van der Waals surface area contributed by atoms with Crippen molar-refractivity contribution in [3.05, 3.63) is 71.9 Å². The van der Waals surface area contributed by atoms with Crippen molar-refractivity contribution in [1.82, 2.24) is 10.2 Å². The Hall–Kier alpha value is -5.14. The number of rotatable bonds is 22. The van der Waals surface area contributed by atoms with Crippen molar-refractivity contribution in [1.29, 1.82) is 0 Å². The lowest BCUT2D eigenvalue weighted by Gasteiger charge is -2.36. The molecule has 0 fully saturated rings. The molecule has 4 aromatic rings. The minimum atomic E-state index is -1.80. The molecule has 3 aromatic carbocycles. The van der Waals surface area contributed by atoms with E-state index >= 15 is 0 Å². The van der Waals surface area contributed by atoms with E-state index in [1.165, 1.54) is 36.1 Å². The molecule has 6 rings (SSSR count). The molecule has 0 unspecified atom stereocenters. The summed E-state index contributed by atoms with van der Waals surface area (Å²) in [5.74, 6) is 2.42. The Bertz CT molecular complexity index is 2200. The summed E-state index contributed by atoms with van der Waals surface area (Å²) in [6, 6.07) is 18.0. The molecular weight excluding hydrogens is 813 g/mol. The number of anilines is 1. The number of nitrogens with one attached hydrogen (secondary N) is 2. The monoisotopic (exact) mass is 881 g/mol. The Morgan fingerprint density at radius 3 is 2.11 bits per heavy atom. The lowest BCUT2D eigenvalue weighted by molar-refractivity contribution is -0.686. The van der Waals surface area contributed by atoms with E-state index in [0.717, 1.165) is 96.3 Å². The number of methoxy groups -OCH3 is 1. The van der Waals surface area contributed by atoms with Crippen LogP contribution in [0.15, 0.2) is 60.8 Å². The molecule has 3 amide bonds. The van der Waals surface area contributed by atoms with E-state index in [2.05, 4.69) is 61.2 Å². The number of fused-ring (bicyclic) bond motifs is 5. The smallest absolute Gasteiger partial charge is 0.415 e. The molecule has 63 heavy (non-hydrogen) atoms. The van der Waals surface area contributed by atoms with Gasteiger partial charge in [0.1, 0.15) is 0 Å². The maximum atomic E-state index is 13.3. The van der Waals surface area contributed by atoms with Gasteiger partial charge in [0, 0.05) is 51.2 Å². The maximum Gasteiger partial charge on any atom is 0.415 e. The third-order valence-corrected chi connectivity index (χ3v) is 17.2. The Kier molecular flexibility index (Phi) is 16.5. The molecule has 0 saturated heterocycles. The van der Waals surface area contributed by atoms with Crippen molar-refractivity contribution in [2.75, 3.05) is 39.4 Å². The Balaban J connectivity index is 0.794. The zero-order valence-corrected chi connectivity index (χ0v) is 39.7. The first-order valence-electron chi connectivity index (χ1n) is 22.9. The number of aryl methyl sites for hydroxylation is 2. The van der Waals surface area contributed by atoms with Crippen LogP contribution < -0.4 is 34.1 Å². The number of carbonyl (C=O) groups excluding carboxylic acids is 3. The summed E-state index contributed by atoms with van der Waals surface area (Å²) >= 11 is 0. The third kappa shape index (κ3) is 13.0. The van der Waals surface area contributed by atoms with Gasteiger partial charge in [-0.05, 0) is 83.9 Å². The fraction of sp³-hybridized carbons (Fsp3) is 0.520. The third-order valence-electron chi connectivity index (χ3n) is 12.8. The number of carbonyl (C=O) groups is 3. The molecule has 1 aromatic heterocycles. The van der Waals surface area contributed by atoms with Gasteiger partial charge in [-0.2, -0.15) is 4.57 Å². The number of hydrogen-bond donors (Lipinski definition) is 2. The first-order valence-corrected chi connectivity index (χ1v) is 25.8. The minimum absolute atomic E-state index is 0.00547. The van der Waals surface area contributed by atoms with Crippen molar-refractivity contribution in [3.63, 3.8) is 0 Å². The van der Waals surface area contributed by atoms with E-state index in [1.807, 2.05) is 48.7 Å². The molecule has 13 heteroatoms. The average molecular weight is 882 g/mol. The normalized spacial score (nSPS) is 13.0. The standard InChI is InChI=1S/C50H68N4O8Si/c1-50(2,3)63(6,7)61-34-36-20-23-39(24-21-36)52-47(56)19-17-15-13-11-9-8-10-12-14-16-18-46(55)51-27-29-53(4)49(57)62-48-41-33-54-28-26-38-31-44-45(60-35-59-44)32-40(38)42(54)30-37(41)22-25-43(48)58-5/h20-25,30-33H,8-19,26-29,34-35H2,1-7H3,(H-,51,52,55,56)/p+1. The van der Waals surface area contributed by atoms with Crippen LogP contribution in [0.25, 0.3) is 22.0 Å². The second-order valence-corrected chi connectivity index (χ2v) is 23.3. The summed E-state index contributed by atoms with van der Waals surface area (Å²) in [6.45, 7) is 13.5. The van der Waals surface area contributed by atoms with Crippen molar-refractivity contribution in [2.24, 2.45) is 0 Å². The maximum absolute atomic E-state index is 13.3. The van der Waals surface area contributed by atoms with Gasteiger partial charge in [0.2, 0.25) is 24.3 Å². The number of pyridine rings is 1.